The van der Waals surface area contributed by atoms with Crippen molar-refractivity contribution in [1.82, 2.24) is 4.90 Å². The number of carbonyl (C=O) groups is 3. The molecular weight excluding hydrogens is 390 g/mol. The van der Waals surface area contributed by atoms with Crippen LogP contribution < -0.4 is 5.32 Å². The van der Waals surface area contributed by atoms with E-state index in [9.17, 15) is 24.5 Å². The van der Waals surface area contributed by atoms with Crippen LogP contribution in [-0.2, 0) is 19.1 Å². The normalized spacial score (nSPS) is 26.3. The van der Waals surface area contributed by atoms with E-state index < -0.39 is 29.3 Å². The molecule has 1 aliphatic heterocycles. The molecular formula is C21H27N3O6. The van der Waals surface area contributed by atoms with Gasteiger partial charge in [-0.3, -0.25) is 24.5 Å². The Bertz CT molecular complexity index is 842. The Morgan fingerprint density at radius 2 is 2.00 bits per heavy atom. The highest BCUT2D eigenvalue weighted by Gasteiger charge is 2.42. The molecule has 1 aliphatic carbocycles. The van der Waals surface area contributed by atoms with Gasteiger partial charge in [0.1, 0.15) is 5.69 Å². The molecule has 30 heavy (non-hydrogen) atoms. The molecule has 1 N–H and O–H groups in total. The first-order chi connectivity index (χ1) is 14.3. The molecule has 2 amide bonds. The van der Waals surface area contributed by atoms with Crippen LogP contribution in [-0.4, -0.2) is 46.8 Å². The molecule has 2 fully saturated rings. The van der Waals surface area contributed by atoms with Crippen molar-refractivity contribution in [2.24, 2.45) is 17.8 Å². The summed E-state index contributed by atoms with van der Waals surface area (Å²) in [4.78, 5) is 49.2. The van der Waals surface area contributed by atoms with E-state index >= 15 is 0 Å². The number of anilines is 1. The summed E-state index contributed by atoms with van der Waals surface area (Å²) in [6.07, 6.45) is 3.25. The number of rotatable bonds is 6. The van der Waals surface area contributed by atoms with Crippen LogP contribution in [0.1, 0.15) is 39.5 Å². The molecule has 0 radical (unpaired) electrons. The molecule has 0 spiro atoms. The molecule has 4 atom stereocenters. The van der Waals surface area contributed by atoms with Crippen molar-refractivity contribution < 1.29 is 24.0 Å². The van der Waals surface area contributed by atoms with Gasteiger partial charge >= 0.3 is 5.97 Å². The number of amides is 2. The van der Waals surface area contributed by atoms with E-state index in [1.807, 2.05) is 0 Å². The van der Waals surface area contributed by atoms with Crippen molar-refractivity contribution in [3.05, 3.63) is 34.4 Å². The van der Waals surface area contributed by atoms with Gasteiger partial charge in [0.25, 0.3) is 11.6 Å². The number of likely N-dealkylation sites (tertiary alicyclic amines) is 1. The SMILES string of the molecule is C[C@H]1[C@H](N2C[C@H](C(=O)OCC(=O)Nc3ccccc3[N+](=O)[O-])CC2=O)CCC[C@@H]1C. The summed E-state index contributed by atoms with van der Waals surface area (Å²) < 4.78 is 5.09. The van der Waals surface area contributed by atoms with Gasteiger partial charge in [0, 0.05) is 25.1 Å². The van der Waals surface area contributed by atoms with Gasteiger partial charge in [0.05, 0.1) is 10.8 Å². The zero-order valence-electron chi connectivity index (χ0n) is 17.2. The van der Waals surface area contributed by atoms with Gasteiger partial charge in [0.15, 0.2) is 6.61 Å². The van der Waals surface area contributed by atoms with Gasteiger partial charge in [-0.25, -0.2) is 0 Å². The summed E-state index contributed by atoms with van der Waals surface area (Å²) in [5.41, 5.74) is -0.212. The third kappa shape index (κ3) is 4.77. The van der Waals surface area contributed by atoms with Crippen LogP contribution in [0.4, 0.5) is 11.4 Å². The number of benzene rings is 1. The Kier molecular flexibility index (Phi) is 6.69. The lowest BCUT2D eigenvalue weighted by Crippen LogP contribution is -2.45. The lowest BCUT2D eigenvalue weighted by atomic mass is 9.77. The van der Waals surface area contributed by atoms with Gasteiger partial charge in [-0.05, 0) is 24.3 Å². The summed E-state index contributed by atoms with van der Waals surface area (Å²) >= 11 is 0. The number of carbonyl (C=O) groups excluding carboxylic acids is 3. The predicted octanol–water partition coefficient (Wildman–Crippen LogP) is 2.75. The standard InChI is InChI=1S/C21H27N3O6/c1-13-6-5-9-17(14(13)2)23-11-15(10-20(23)26)21(27)30-12-19(25)22-16-7-3-4-8-18(16)24(28)29/h3-4,7-8,13-15,17H,5-6,9-12H2,1-2H3,(H,22,25)/t13-,14+,15+,17+/m0/s1. The maximum Gasteiger partial charge on any atom is 0.311 e. The van der Waals surface area contributed by atoms with Crippen LogP contribution in [0.5, 0.6) is 0 Å². The number of ether oxygens (including phenoxy) is 1. The molecule has 162 valence electrons. The fourth-order valence-electron chi connectivity index (χ4n) is 4.38. The molecule has 0 aromatic heterocycles. The van der Waals surface area contributed by atoms with Crippen molar-refractivity contribution in [3.8, 4) is 0 Å². The minimum Gasteiger partial charge on any atom is -0.455 e. The molecule has 3 rings (SSSR count). The molecule has 1 heterocycles. The molecule has 1 saturated carbocycles. The van der Waals surface area contributed by atoms with Gasteiger partial charge in [-0.15, -0.1) is 0 Å². The minimum absolute atomic E-state index is 0.0335. The van der Waals surface area contributed by atoms with Crippen LogP contribution in [0.15, 0.2) is 24.3 Å². The second-order valence-corrected chi connectivity index (χ2v) is 8.21. The van der Waals surface area contributed by atoms with Crippen LogP contribution in [0, 0.1) is 27.9 Å². The van der Waals surface area contributed by atoms with E-state index in [2.05, 4.69) is 19.2 Å². The summed E-state index contributed by atoms with van der Waals surface area (Å²) in [5, 5.41) is 13.4. The van der Waals surface area contributed by atoms with E-state index in [1.54, 1.807) is 11.0 Å². The van der Waals surface area contributed by atoms with Crippen LogP contribution in [0.3, 0.4) is 0 Å². The Morgan fingerprint density at radius 3 is 2.73 bits per heavy atom. The zero-order chi connectivity index (χ0) is 21.8. The monoisotopic (exact) mass is 417 g/mol. The maximum atomic E-state index is 12.5. The number of esters is 1. The average molecular weight is 417 g/mol. The molecule has 0 unspecified atom stereocenters. The smallest absolute Gasteiger partial charge is 0.311 e. The van der Waals surface area contributed by atoms with E-state index in [4.69, 9.17) is 4.74 Å². The van der Waals surface area contributed by atoms with Crippen molar-refractivity contribution in [1.29, 1.82) is 0 Å². The highest BCUT2D eigenvalue weighted by Crippen LogP contribution is 2.36. The highest BCUT2D eigenvalue weighted by molar-refractivity contribution is 5.95. The Morgan fingerprint density at radius 1 is 1.27 bits per heavy atom. The second-order valence-electron chi connectivity index (χ2n) is 8.21. The van der Waals surface area contributed by atoms with Gasteiger partial charge in [-0.2, -0.15) is 0 Å². The summed E-state index contributed by atoms with van der Waals surface area (Å²) in [5.74, 6) is -1.00. The van der Waals surface area contributed by atoms with Crippen LogP contribution >= 0.6 is 0 Å². The predicted molar refractivity (Wildman–Crippen MR) is 108 cm³/mol. The van der Waals surface area contributed by atoms with Crippen LogP contribution in [0.25, 0.3) is 0 Å². The number of nitro groups is 1. The summed E-state index contributed by atoms with van der Waals surface area (Å²) in [6, 6.07) is 5.86. The molecule has 9 heteroatoms. The summed E-state index contributed by atoms with van der Waals surface area (Å²) in [6.45, 7) is 4.09. The van der Waals surface area contributed by atoms with Crippen LogP contribution in [0.2, 0.25) is 0 Å². The zero-order valence-corrected chi connectivity index (χ0v) is 17.2. The Hall–Kier alpha value is -2.97. The molecule has 1 saturated heterocycles. The van der Waals surface area contributed by atoms with Crippen molar-refractivity contribution in [3.63, 3.8) is 0 Å². The Balaban J connectivity index is 1.52. The van der Waals surface area contributed by atoms with Crippen molar-refractivity contribution in [2.75, 3.05) is 18.5 Å². The number of nitro benzene ring substituents is 1. The number of hydrogen-bond acceptors (Lipinski definition) is 6. The fourth-order valence-corrected chi connectivity index (χ4v) is 4.38. The number of nitrogens with zero attached hydrogens (tertiary/aromatic N) is 2. The van der Waals surface area contributed by atoms with E-state index in [0.29, 0.717) is 18.4 Å². The average Bonchev–Trinajstić information content (AvgIpc) is 3.10. The first kappa shape index (κ1) is 21.7. The molecule has 1 aromatic carbocycles. The molecule has 9 nitrogen and oxygen atoms in total. The largest absolute Gasteiger partial charge is 0.455 e. The topological polar surface area (TPSA) is 119 Å². The van der Waals surface area contributed by atoms with Gasteiger partial charge in [-0.1, -0.05) is 38.8 Å². The fraction of sp³-hybridized carbons (Fsp3) is 0.571. The molecule has 0 bridgehead atoms. The van der Waals surface area contributed by atoms with Crippen molar-refractivity contribution >= 4 is 29.2 Å². The number of para-hydroxylation sites is 2. The second kappa shape index (κ2) is 9.23. The third-order valence-electron chi connectivity index (χ3n) is 6.28. The van der Waals surface area contributed by atoms with Gasteiger partial charge < -0.3 is 15.0 Å². The van der Waals surface area contributed by atoms with Crippen molar-refractivity contribution in [2.45, 2.75) is 45.6 Å². The van der Waals surface area contributed by atoms with E-state index in [1.165, 1.54) is 18.2 Å². The Labute approximate surface area is 174 Å². The quantitative estimate of drug-likeness (QED) is 0.432. The first-order valence-corrected chi connectivity index (χ1v) is 10.3. The first-order valence-electron chi connectivity index (χ1n) is 10.3. The number of hydrogen-bond donors (Lipinski definition) is 1. The summed E-state index contributed by atoms with van der Waals surface area (Å²) in [7, 11) is 0. The molecule has 1 aromatic rings. The maximum absolute atomic E-state index is 12.5. The van der Waals surface area contributed by atoms with E-state index in [0.717, 1.165) is 19.3 Å². The number of nitrogens with one attached hydrogen (secondary N) is 1. The lowest BCUT2D eigenvalue weighted by molar-refractivity contribution is -0.383. The van der Waals surface area contributed by atoms with Gasteiger partial charge in [0.2, 0.25) is 5.91 Å². The highest BCUT2D eigenvalue weighted by atomic mass is 16.6. The minimum atomic E-state index is -0.673. The molecule has 2 aliphatic rings. The van der Waals surface area contributed by atoms with E-state index in [-0.39, 0.29) is 29.7 Å². The lowest BCUT2D eigenvalue weighted by Gasteiger charge is -2.39. The third-order valence-corrected chi connectivity index (χ3v) is 6.28.